The molecule has 0 spiro atoms. The van der Waals surface area contributed by atoms with Gasteiger partial charge in [0.1, 0.15) is 10.6 Å². The fourth-order valence-electron chi connectivity index (χ4n) is 1.93. The van der Waals surface area contributed by atoms with E-state index in [1.165, 1.54) is 0 Å². The van der Waals surface area contributed by atoms with Crippen LogP contribution in [0.15, 0.2) is 11.4 Å². The predicted octanol–water partition coefficient (Wildman–Crippen LogP) is 1.36. The van der Waals surface area contributed by atoms with Crippen LogP contribution in [-0.2, 0) is 0 Å². The lowest BCUT2D eigenvalue weighted by molar-refractivity contribution is 0.401. The largest absolute Gasteiger partial charge is 0.359 e. The Labute approximate surface area is 117 Å². The number of hydrogen-bond donors (Lipinski definition) is 2. The van der Waals surface area contributed by atoms with Crippen molar-refractivity contribution in [2.24, 2.45) is 5.84 Å². The van der Waals surface area contributed by atoms with Crippen molar-refractivity contribution in [1.82, 2.24) is 14.9 Å². The molecule has 0 aliphatic rings. The molecule has 0 unspecified atom stereocenters. The first-order chi connectivity index (χ1) is 9.11. The van der Waals surface area contributed by atoms with E-state index in [-0.39, 0.29) is 0 Å². The number of hydrazine groups is 1. The summed E-state index contributed by atoms with van der Waals surface area (Å²) in [5.74, 6) is 6.81. The third-order valence-electron chi connectivity index (χ3n) is 2.89. The molecule has 7 heteroatoms. The fraction of sp³-hybridized carbons (Fsp3) is 0.500. The van der Waals surface area contributed by atoms with Crippen LogP contribution in [0.25, 0.3) is 10.2 Å². The van der Waals surface area contributed by atoms with Gasteiger partial charge in [-0.1, -0.05) is 0 Å². The maximum absolute atomic E-state index is 5.42. The molecule has 0 atom stereocenters. The monoisotopic (exact) mass is 280 g/mol. The van der Waals surface area contributed by atoms with Crippen LogP contribution in [0, 0.1) is 0 Å². The number of nitrogens with two attached hydrogens (primary N) is 1. The van der Waals surface area contributed by atoms with Crippen LogP contribution in [0.1, 0.15) is 6.42 Å². The van der Waals surface area contributed by atoms with Crippen molar-refractivity contribution in [3.8, 4) is 0 Å². The Morgan fingerprint density at radius 3 is 2.74 bits per heavy atom. The minimum Gasteiger partial charge on any atom is -0.359 e. The summed E-state index contributed by atoms with van der Waals surface area (Å²) in [5.41, 5.74) is 2.53. The number of fused-ring (bicyclic) bond motifs is 1. The van der Waals surface area contributed by atoms with Crippen LogP contribution in [0.2, 0.25) is 0 Å². The highest BCUT2D eigenvalue weighted by Crippen LogP contribution is 2.28. The van der Waals surface area contributed by atoms with Gasteiger partial charge in [-0.15, -0.1) is 11.3 Å². The van der Waals surface area contributed by atoms with Crippen LogP contribution >= 0.6 is 11.3 Å². The summed E-state index contributed by atoms with van der Waals surface area (Å²) >= 11 is 1.60. The molecule has 2 aromatic heterocycles. The summed E-state index contributed by atoms with van der Waals surface area (Å²) in [6.45, 7) is 2.01. The van der Waals surface area contributed by atoms with Gasteiger partial charge >= 0.3 is 0 Å². The number of thiophene rings is 1. The molecule has 0 bridgehead atoms. The average Bonchev–Trinajstić information content (AvgIpc) is 2.84. The Balaban J connectivity index is 2.19. The number of nitrogens with one attached hydrogen (secondary N) is 1. The van der Waals surface area contributed by atoms with Gasteiger partial charge in [-0.3, -0.25) is 5.43 Å². The summed E-state index contributed by atoms with van der Waals surface area (Å²) < 4.78 is 0. The Morgan fingerprint density at radius 2 is 2.05 bits per heavy atom. The van der Waals surface area contributed by atoms with Gasteiger partial charge in [0.15, 0.2) is 0 Å². The number of nitrogens with zero attached hydrogens (tertiary/aromatic N) is 4. The molecule has 19 heavy (non-hydrogen) atoms. The molecule has 2 rings (SSSR count). The van der Waals surface area contributed by atoms with Crippen molar-refractivity contribution in [2.75, 3.05) is 44.6 Å². The standard InChI is InChI=1S/C12H20N6S/c1-17(2)6-4-7-18(3)10-9-5-8-19-11(9)15-12(14-10)16-13/h5,8H,4,6-7,13H2,1-3H3,(H,14,15,16). The van der Waals surface area contributed by atoms with Gasteiger partial charge in [-0.2, -0.15) is 4.98 Å². The lowest BCUT2D eigenvalue weighted by Crippen LogP contribution is -2.24. The lowest BCUT2D eigenvalue weighted by Gasteiger charge is -2.20. The van der Waals surface area contributed by atoms with Crippen molar-refractivity contribution in [2.45, 2.75) is 6.42 Å². The molecule has 0 saturated carbocycles. The van der Waals surface area contributed by atoms with Crippen LogP contribution in [0.4, 0.5) is 11.8 Å². The second kappa shape index (κ2) is 6.14. The Morgan fingerprint density at radius 1 is 1.26 bits per heavy atom. The van der Waals surface area contributed by atoms with Crippen LogP contribution in [-0.4, -0.2) is 49.1 Å². The van der Waals surface area contributed by atoms with Gasteiger partial charge in [0.05, 0.1) is 5.39 Å². The smallest absolute Gasteiger partial charge is 0.240 e. The normalized spacial score (nSPS) is 11.2. The summed E-state index contributed by atoms with van der Waals surface area (Å²) in [6.07, 6.45) is 1.09. The minimum absolute atomic E-state index is 0.462. The third kappa shape index (κ3) is 3.31. The minimum atomic E-state index is 0.462. The maximum atomic E-state index is 5.42. The van der Waals surface area contributed by atoms with E-state index in [4.69, 9.17) is 5.84 Å². The molecule has 0 aliphatic heterocycles. The third-order valence-corrected chi connectivity index (χ3v) is 3.70. The highest BCUT2D eigenvalue weighted by atomic mass is 32.1. The molecular weight excluding hydrogens is 260 g/mol. The Kier molecular flexibility index (Phi) is 4.52. The molecule has 3 N–H and O–H groups in total. The van der Waals surface area contributed by atoms with E-state index in [2.05, 4.69) is 52.4 Å². The first-order valence-corrected chi connectivity index (χ1v) is 7.07. The Bertz CT molecular complexity index is 538. The summed E-state index contributed by atoms with van der Waals surface area (Å²) in [7, 11) is 6.21. The van der Waals surface area contributed by atoms with E-state index in [1.54, 1.807) is 11.3 Å². The van der Waals surface area contributed by atoms with Crippen LogP contribution in [0.5, 0.6) is 0 Å². The van der Waals surface area contributed by atoms with E-state index in [0.717, 1.165) is 35.5 Å². The quantitative estimate of drug-likeness (QED) is 0.615. The zero-order chi connectivity index (χ0) is 13.8. The maximum Gasteiger partial charge on any atom is 0.240 e. The molecule has 6 nitrogen and oxygen atoms in total. The second-order valence-corrected chi connectivity index (χ2v) is 5.63. The SMILES string of the molecule is CN(C)CCCN(C)c1nc(NN)nc2sccc12. The highest BCUT2D eigenvalue weighted by molar-refractivity contribution is 7.16. The molecule has 0 amide bonds. The first-order valence-electron chi connectivity index (χ1n) is 6.19. The molecule has 0 aromatic carbocycles. The van der Waals surface area contributed by atoms with E-state index in [0.29, 0.717) is 5.95 Å². The van der Waals surface area contributed by atoms with Crippen LogP contribution < -0.4 is 16.2 Å². The van der Waals surface area contributed by atoms with Crippen molar-refractivity contribution >= 4 is 33.3 Å². The zero-order valence-corrected chi connectivity index (χ0v) is 12.4. The van der Waals surface area contributed by atoms with Crippen molar-refractivity contribution in [1.29, 1.82) is 0 Å². The van der Waals surface area contributed by atoms with Crippen molar-refractivity contribution in [3.63, 3.8) is 0 Å². The lowest BCUT2D eigenvalue weighted by atomic mass is 10.3. The average molecular weight is 280 g/mol. The van der Waals surface area contributed by atoms with Gasteiger partial charge < -0.3 is 9.80 Å². The predicted molar refractivity (Wildman–Crippen MR) is 81.7 cm³/mol. The molecule has 0 saturated heterocycles. The van der Waals surface area contributed by atoms with Crippen molar-refractivity contribution < 1.29 is 0 Å². The van der Waals surface area contributed by atoms with Gasteiger partial charge in [0, 0.05) is 13.6 Å². The molecule has 104 valence electrons. The van der Waals surface area contributed by atoms with Crippen molar-refractivity contribution in [3.05, 3.63) is 11.4 Å². The molecule has 0 radical (unpaired) electrons. The number of hydrogen-bond acceptors (Lipinski definition) is 7. The summed E-state index contributed by atoms with van der Waals surface area (Å²) in [4.78, 5) is 14.1. The molecule has 2 aromatic rings. The van der Waals surface area contributed by atoms with Gasteiger partial charge in [0.25, 0.3) is 0 Å². The fourth-order valence-corrected chi connectivity index (χ4v) is 2.68. The molecule has 0 fully saturated rings. The van der Waals surface area contributed by atoms with Crippen LogP contribution in [0.3, 0.4) is 0 Å². The second-order valence-electron chi connectivity index (χ2n) is 4.73. The summed E-state index contributed by atoms with van der Waals surface area (Å²) in [6, 6.07) is 2.05. The van der Waals surface area contributed by atoms with E-state index < -0.39 is 0 Å². The number of anilines is 2. The topological polar surface area (TPSA) is 70.3 Å². The van der Waals surface area contributed by atoms with E-state index >= 15 is 0 Å². The highest BCUT2D eigenvalue weighted by Gasteiger charge is 2.12. The Hall–Kier alpha value is -1.44. The van der Waals surface area contributed by atoms with E-state index in [1.807, 2.05) is 5.38 Å². The summed E-state index contributed by atoms with van der Waals surface area (Å²) in [5, 5.41) is 3.10. The van der Waals surface area contributed by atoms with Gasteiger partial charge in [-0.25, -0.2) is 10.8 Å². The number of nitrogen functional groups attached to an aromatic ring is 1. The first kappa shape index (κ1) is 14.0. The number of rotatable bonds is 6. The van der Waals surface area contributed by atoms with E-state index in [9.17, 15) is 0 Å². The van der Waals surface area contributed by atoms with Gasteiger partial charge in [-0.05, 0) is 38.5 Å². The zero-order valence-electron chi connectivity index (χ0n) is 11.6. The van der Waals surface area contributed by atoms with Gasteiger partial charge in [0.2, 0.25) is 5.95 Å². The molecule has 2 heterocycles. The molecular formula is C12H20N6S. The molecule has 0 aliphatic carbocycles. The number of aromatic nitrogens is 2.